The zero-order valence-corrected chi connectivity index (χ0v) is 8.97. The van der Waals surface area contributed by atoms with Gasteiger partial charge in [-0.1, -0.05) is 30.3 Å². The first-order valence-electron chi connectivity index (χ1n) is 5.03. The Morgan fingerprint density at radius 1 is 1.25 bits per heavy atom. The summed E-state index contributed by atoms with van der Waals surface area (Å²) in [5, 5.41) is 2.60. The molecular formula is C13H12N2O. The lowest BCUT2D eigenvalue weighted by molar-refractivity contribution is -0.105. The molecule has 3 heteroatoms. The molecule has 0 spiro atoms. The summed E-state index contributed by atoms with van der Waals surface area (Å²) >= 11 is 0. The summed E-state index contributed by atoms with van der Waals surface area (Å²) < 4.78 is 0. The fourth-order valence-corrected chi connectivity index (χ4v) is 1.59. The van der Waals surface area contributed by atoms with E-state index in [0.29, 0.717) is 12.1 Å². The second-order valence-corrected chi connectivity index (χ2v) is 3.49. The van der Waals surface area contributed by atoms with Crippen molar-refractivity contribution in [2.24, 2.45) is 0 Å². The maximum absolute atomic E-state index is 10.4. The average Bonchev–Trinajstić information content (AvgIpc) is 2.33. The van der Waals surface area contributed by atoms with E-state index in [0.717, 1.165) is 16.8 Å². The van der Waals surface area contributed by atoms with Crippen molar-refractivity contribution < 1.29 is 4.79 Å². The van der Waals surface area contributed by atoms with Gasteiger partial charge in [-0.15, -0.1) is 0 Å². The molecule has 0 saturated heterocycles. The molecule has 0 aliphatic carbocycles. The highest BCUT2D eigenvalue weighted by Crippen LogP contribution is 2.24. The normalized spacial score (nSPS) is 9.81. The second-order valence-electron chi connectivity index (χ2n) is 3.49. The topological polar surface area (TPSA) is 42.0 Å². The van der Waals surface area contributed by atoms with Crippen LogP contribution in [0.3, 0.4) is 0 Å². The molecule has 0 saturated carbocycles. The smallest absolute Gasteiger partial charge is 0.211 e. The van der Waals surface area contributed by atoms with Crippen LogP contribution < -0.4 is 5.32 Å². The molecule has 0 atom stereocenters. The third-order valence-corrected chi connectivity index (χ3v) is 2.40. The molecule has 1 heterocycles. The number of hydrogen-bond donors (Lipinski definition) is 1. The highest BCUT2D eigenvalue weighted by Gasteiger charge is 2.03. The number of rotatable bonds is 3. The van der Waals surface area contributed by atoms with Crippen molar-refractivity contribution in [3.05, 3.63) is 48.3 Å². The van der Waals surface area contributed by atoms with E-state index in [9.17, 15) is 4.79 Å². The van der Waals surface area contributed by atoms with E-state index in [1.54, 1.807) is 6.20 Å². The molecule has 0 aliphatic heterocycles. The van der Waals surface area contributed by atoms with Gasteiger partial charge in [0.1, 0.15) is 0 Å². The largest absolute Gasteiger partial charge is 0.327 e. The Kier molecular flexibility index (Phi) is 2.96. The molecule has 2 rings (SSSR count). The molecule has 0 bridgehead atoms. The van der Waals surface area contributed by atoms with E-state index in [4.69, 9.17) is 0 Å². The number of carbonyl (C=O) groups excluding carboxylic acids is 1. The summed E-state index contributed by atoms with van der Waals surface area (Å²) in [5.74, 6) is 0. The van der Waals surface area contributed by atoms with E-state index < -0.39 is 0 Å². The van der Waals surface area contributed by atoms with Crippen molar-refractivity contribution in [3.8, 4) is 11.1 Å². The van der Waals surface area contributed by atoms with Gasteiger partial charge in [0, 0.05) is 11.3 Å². The van der Waals surface area contributed by atoms with Crippen molar-refractivity contribution in [2.45, 2.75) is 6.92 Å². The molecule has 3 nitrogen and oxygen atoms in total. The van der Waals surface area contributed by atoms with Gasteiger partial charge in [-0.05, 0) is 18.6 Å². The van der Waals surface area contributed by atoms with Gasteiger partial charge < -0.3 is 5.32 Å². The van der Waals surface area contributed by atoms with Gasteiger partial charge in [0.05, 0.1) is 11.9 Å². The minimum Gasteiger partial charge on any atom is -0.327 e. The predicted octanol–water partition coefficient (Wildman–Crippen LogP) is 2.63. The van der Waals surface area contributed by atoms with Gasteiger partial charge in [0.2, 0.25) is 6.41 Å². The summed E-state index contributed by atoms with van der Waals surface area (Å²) in [5.41, 5.74) is 3.79. The van der Waals surface area contributed by atoms with E-state index in [2.05, 4.69) is 10.3 Å². The number of benzene rings is 1. The van der Waals surface area contributed by atoms with Crippen LogP contribution in [0, 0.1) is 6.92 Å². The molecule has 1 aromatic carbocycles. The van der Waals surface area contributed by atoms with Crippen LogP contribution in [-0.4, -0.2) is 11.4 Å². The zero-order chi connectivity index (χ0) is 11.4. The van der Waals surface area contributed by atoms with E-state index in [1.165, 1.54) is 0 Å². The van der Waals surface area contributed by atoms with Gasteiger partial charge in [0.15, 0.2) is 0 Å². The van der Waals surface area contributed by atoms with Crippen LogP contribution >= 0.6 is 0 Å². The molecule has 0 fully saturated rings. The minimum absolute atomic E-state index is 0.654. The van der Waals surface area contributed by atoms with Gasteiger partial charge in [-0.3, -0.25) is 9.78 Å². The number of aryl methyl sites for hydroxylation is 1. The first-order valence-corrected chi connectivity index (χ1v) is 5.03. The van der Waals surface area contributed by atoms with Crippen LogP contribution in [-0.2, 0) is 4.79 Å². The SMILES string of the molecule is Cc1ncc(NC=O)cc1-c1ccccc1. The Bertz CT molecular complexity index is 495. The molecule has 16 heavy (non-hydrogen) atoms. The number of pyridine rings is 1. The van der Waals surface area contributed by atoms with Crippen molar-refractivity contribution in [3.63, 3.8) is 0 Å². The maximum Gasteiger partial charge on any atom is 0.211 e. The fourth-order valence-electron chi connectivity index (χ4n) is 1.59. The van der Waals surface area contributed by atoms with Crippen molar-refractivity contribution in [1.82, 2.24) is 4.98 Å². The third kappa shape index (κ3) is 2.08. The third-order valence-electron chi connectivity index (χ3n) is 2.40. The van der Waals surface area contributed by atoms with Gasteiger partial charge in [0.25, 0.3) is 0 Å². The summed E-state index contributed by atoms with van der Waals surface area (Å²) in [4.78, 5) is 14.6. The Balaban J connectivity index is 2.47. The number of amides is 1. The van der Waals surface area contributed by atoms with Gasteiger partial charge in [-0.2, -0.15) is 0 Å². The molecule has 1 N–H and O–H groups in total. The van der Waals surface area contributed by atoms with Gasteiger partial charge in [-0.25, -0.2) is 0 Å². The number of nitrogens with one attached hydrogen (secondary N) is 1. The Labute approximate surface area is 94.1 Å². The van der Waals surface area contributed by atoms with Crippen LogP contribution in [0.4, 0.5) is 5.69 Å². The highest BCUT2D eigenvalue weighted by atomic mass is 16.1. The minimum atomic E-state index is 0.654. The molecule has 80 valence electrons. The fraction of sp³-hybridized carbons (Fsp3) is 0.0769. The van der Waals surface area contributed by atoms with Crippen LogP contribution in [0.5, 0.6) is 0 Å². The molecule has 1 amide bonds. The number of anilines is 1. The lowest BCUT2D eigenvalue weighted by Crippen LogP contribution is -1.96. The molecule has 0 aliphatic rings. The zero-order valence-electron chi connectivity index (χ0n) is 8.97. The first-order chi connectivity index (χ1) is 7.81. The van der Waals surface area contributed by atoms with Gasteiger partial charge >= 0.3 is 0 Å². The molecule has 2 aromatic rings. The van der Waals surface area contributed by atoms with E-state index >= 15 is 0 Å². The second kappa shape index (κ2) is 4.57. The van der Waals surface area contributed by atoms with E-state index in [-0.39, 0.29) is 0 Å². The lowest BCUT2D eigenvalue weighted by atomic mass is 10.0. The van der Waals surface area contributed by atoms with Crippen LogP contribution in [0.25, 0.3) is 11.1 Å². The van der Waals surface area contributed by atoms with E-state index in [1.807, 2.05) is 43.3 Å². The number of nitrogens with zero attached hydrogens (tertiary/aromatic N) is 1. The quantitative estimate of drug-likeness (QED) is 0.794. The molecular weight excluding hydrogens is 200 g/mol. The monoisotopic (exact) mass is 212 g/mol. The Hall–Kier alpha value is -2.16. The Morgan fingerprint density at radius 2 is 2.00 bits per heavy atom. The summed E-state index contributed by atoms with van der Waals surface area (Å²) in [6.45, 7) is 1.95. The lowest BCUT2D eigenvalue weighted by Gasteiger charge is -2.07. The number of carbonyl (C=O) groups is 1. The predicted molar refractivity (Wildman–Crippen MR) is 64.1 cm³/mol. The number of aromatic nitrogens is 1. The van der Waals surface area contributed by atoms with Crippen molar-refractivity contribution >= 4 is 12.1 Å². The number of hydrogen-bond acceptors (Lipinski definition) is 2. The molecule has 1 aromatic heterocycles. The Morgan fingerprint density at radius 3 is 2.69 bits per heavy atom. The highest BCUT2D eigenvalue weighted by molar-refractivity contribution is 5.76. The molecule has 0 unspecified atom stereocenters. The first kappa shape index (κ1) is 10.4. The summed E-state index contributed by atoms with van der Waals surface area (Å²) in [7, 11) is 0. The summed E-state index contributed by atoms with van der Waals surface area (Å²) in [6, 6.07) is 11.9. The van der Waals surface area contributed by atoms with Crippen molar-refractivity contribution in [2.75, 3.05) is 5.32 Å². The molecule has 0 radical (unpaired) electrons. The standard InChI is InChI=1S/C13H12N2O/c1-10-13(11-5-3-2-4-6-11)7-12(8-14-10)15-9-16/h2-9H,1H3,(H,15,16). The summed E-state index contributed by atoms with van der Waals surface area (Å²) in [6.07, 6.45) is 2.30. The van der Waals surface area contributed by atoms with Crippen LogP contribution in [0.1, 0.15) is 5.69 Å². The van der Waals surface area contributed by atoms with Crippen LogP contribution in [0.2, 0.25) is 0 Å². The maximum atomic E-state index is 10.4. The van der Waals surface area contributed by atoms with Crippen molar-refractivity contribution in [1.29, 1.82) is 0 Å². The average molecular weight is 212 g/mol. The van der Waals surface area contributed by atoms with Crippen LogP contribution in [0.15, 0.2) is 42.6 Å².